The molecule has 1 atom stereocenters. The summed E-state index contributed by atoms with van der Waals surface area (Å²) in [6, 6.07) is 12.1. The van der Waals surface area contributed by atoms with Gasteiger partial charge in [-0.3, -0.25) is 9.10 Å². The van der Waals surface area contributed by atoms with Gasteiger partial charge >= 0.3 is 12.1 Å². The van der Waals surface area contributed by atoms with E-state index in [-0.39, 0.29) is 41.4 Å². The molecule has 1 unspecified atom stereocenters. The minimum Gasteiger partial charge on any atom is -0.486 e. The number of alkyl halides is 3. The second-order valence-electron chi connectivity index (χ2n) is 8.88. The van der Waals surface area contributed by atoms with Gasteiger partial charge < -0.3 is 9.84 Å². The molecule has 0 saturated carbocycles. The van der Waals surface area contributed by atoms with Crippen LogP contribution in [0.3, 0.4) is 0 Å². The third-order valence-corrected chi connectivity index (χ3v) is 8.24. The maximum Gasteiger partial charge on any atom is 0.416 e. The molecule has 39 heavy (non-hydrogen) atoms. The topological polar surface area (TPSA) is 83.9 Å². The second-order valence-corrected chi connectivity index (χ2v) is 11.1. The van der Waals surface area contributed by atoms with Crippen molar-refractivity contribution >= 4 is 44.9 Å². The van der Waals surface area contributed by atoms with E-state index in [1.807, 2.05) is 0 Å². The zero-order valence-corrected chi connectivity index (χ0v) is 21.9. The lowest BCUT2D eigenvalue weighted by Crippen LogP contribution is -2.43. The van der Waals surface area contributed by atoms with E-state index >= 15 is 0 Å². The van der Waals surface area contributed by atoms with Crippen LogP contribution >= 0.6 is 11.6 Å². The Hall–Kier alpha value is -3.57. The van der Waals surface area contributed by atoms with Crippen LogP contribution in [0.2, 0.25) is 5.02 Å². The van der Waals surface area contributed by atoms with Crippen LogP contribution in [-0.4, -0.2) is 32.1 Å². The predicted molar refractivity (Wildman–Crippen MR) is 139 cm³/mol. The van der Waals surface area contributed by atoms with E-state index in [0.717, 1.165) is 22.5 Å². The minimum atomic E-state index is -4.76. The Labute approximate surface area is 227 Å². The van der Waals surface area contributed by atoms with E-state index in [1.54, 1.807) is 13.0 Å². The van der Waals surface area contributed by atoms with E-state index in [0.29, 0.717) is 17.2 Å². The van der Waals surface area contributed by atoms with E-state index < -0.39 is 44.5 Å². The van der Waals surface area contributed by atoms with Crippen LogP contribution in [-0.2, 0) is 21.0 Å². The molecule has 3 aromatic carbocycles. The Kier molecular flexibility index (Phi) is 7.94. The summed E-state index contributed by atoms with van der Waals surface area (Å²) in [5.74, 6) is -1.56. The van der Waals surface area contributed by atoms with Gasteiger partial charge in [-0.15, -0.1) is 0 Å². The number of nitrogens with zero attached hydrogens (tertiary/aromatic N) is 1. The summed E-state index contributed by atoms with van der Waals surface area (Å²) < 4.78 is 88.5. The molecule has 1 aliphatic rings. The molecule has 0 bridgehead atoms. The smallest absolute Gasteiger partial charge is 0.416 e. The molecule has 1 aliphatic heterocycles. The molecular formula is C27H22ClF4NO5S. The lowest BCUT2D eigenvalue weighted by Gasteiger charge is -2.36. The highest BCUT2D eigenvalue weighted by Gasteiger charge is 2.37. The minimum absolute atomic E-state index is 0.0319. The Morgan fingerprint density at radius 2 is 1.87 bits per heavy atom. The molecule has 206 valence electrons. The first-order chi connectivity index (χ1) is 18.3. The first-order valence-corrected chi connectivity index (χ1v) is 13.4. The molecule has 4 rings (SSSR count). The largest absolute Gasteiger partial charge is 0.486 e. The van der Waals surface area contributed by atoms with Crippen molar-refractivity contribution in [2.75, 3.05) is 10.8 Å². The highest BCUT2D eigenvalue weighted by molar-refractivity contribution is 7.92. The number of rotatable bonds is 7. The molecule has 0 spiro atoms. The lowest BCUT2D eigenvalue weighted by molar-refractivity contribution is -0.138. The van der Waals surface area contributed by atoms with E-state index in [2.05, 4.69) is 0 Å². The number of benzene rings is 3. The maximum atomic E-state index is 14.3. The van der Waals surface area contributed by atoms with Crippen LogP contribution in [0.15, 0.2) is 65.6 Å². The predicted octanol–water partition coefficient (Wildman–Crippen LogP) is 6.88. The van der Waals surface area contributed by atoms with Crippen molar-refractivity contribution in [1.29, 1.82) is 0 Å². The van der Waals surface area contributed by atoms with E-state index in [1.165, 1.54) is 36.4 Å². The molecule has 3 aromatic rings. The Bertz CT molecular complexity index is 1540. The Morgan fingerprint density at radius 3 is 2.54 bits per heavy atom. The zero-order chi connectivity index (χ0) is 28.5. The van der Waals surface area contributed by atoms with Crippen LogP contribution in [0.5, 0.6) is 5.75 Å². The lowest BCUT2D eigenvalue weighted by atomic mass is 10.0. The quantitative estimate of drug-likeness (QED) is 0.242. The van der Waals surface area contributed by atoms with Crippen LogP contribution in [0.1, 0.15) is 36.5 Å². The fourth-order valence-corrected chi connectivity index (χ4v) is 5.89. The summed E-state index contributed by atoms with van der Waals surface area (Å²) >= 11 is 6.13. The summed E-state index contributed by atoms with van der Waals surface area (Å²) in [7, 11) is -4.54. The third-order valence-electron chi connectivity index (χ3n) is 6.14. The molecular weight excluding hydrogens is 562 g/mol. The molecule has 0 amide bonds. The Morgan fingerprint density at radius 1 is 1.15 bits per heavy atom. The highest BCUT2D eigenvalue weighted by Crippen LogP contribution is 2.41. The van der Waals surface area contributed by atoms with Crippen LogP contribution in [0.4, 0.5) is 23.2 Å². The summed E-state index contributed by atoms with van der Waals surface area (Å²) in [4.78, 5) is 10.5. The number of carboxylic acid groups (broad SMARTS) is 1. The number of carbonyl (C=O) groups is 1. The van der Waals surface area contributed by atoms with Gasteiger partial charge in [0.15, 0.2) is 0 Å². The fraction of sp³-hybridized carbons (Fsp3) is 0.222. The molecule has 1 heterocycles. The first kappa shape index (κ1) is 28.4. The molecule has 12 heteroatoms. The molecule has 0 radical (unpaired) electrons. The molecule has 0 aliphatic carbocycles. The average molecular weight is 584 g/mol. The van der Waals surface area contributed by atoms with Crippen molar-refractivity contribution in [2.45, 2.75) is 36.9 Å². The summed E-state index contributed by atoms with van der Waals surface area (Å²) in [5.41, 5.74) is 0.0459. The molecule has 0 saturated heterocycles. The van der Waals surface area contributed by atoms with Crippen molar-refractivity contribution in [3.63, 3.8) is 0 Å². The van der Waals surface area contributed by atoms with E-state index in [9.17, 15) is 30.8 Å². The number of hydrogen-bond donors (Lipinski definition) is 1. The number of sulfonamides is 1. The number of ether oxygens (including phenoxy) is 1. The number of fused-ring (bicyclic) bond motifs is 1. The Balaban J connectivity index is 1.81. The van der Waals surface area contributed by atoms with Gasteiger partial charge in [0, 0.05) is 12.0 Å². The van der Waals surface area contributed by atoms with Crippen molar-refractivity contribution in [3.8, 4) is 5.75 Å². The summed E-state index contributed by atoms with van der Waals surface area (Å²) in [5, 5.41) is 9.24. The van der Waals surface area contributed by atoms with Crippen LogP contribution in [0.25, 0.3) is 11.6 Å². The van der Waals surface area contributed by atoms with Gasteiger partial charge in [0.2, 0.25) is 0 Å². The fourth-order valence-electron chi connectivity index (χ4n) is 4.13. The van der Waals surface area contributed by atoms with Gasteiger partial charge in [0.1, 0.15) is 17.7 Å². The van der Waals surface area contributed by atoms with Crippen LogP contribution < -0.4 is 9.04 Å². The molecule has 6 nitrogen and oxygen atoms in total. The van der Waals surface area contributed by atoms with Gasteiger partial charge in [0.25, 0.3) is 10.0 Å². The average Bonchev–Trinajstić information content (AvgIpc) is 2.88. The number of allylic oxidation sites excluding steroid dienone is 1. The van der Waals surface area contributed by atoms with Crippen molar-refractivity contribution in [1.82, 2.24) is 0 Å². The second kappa shape index (κ2) is 10.9. The summed E-state index contributed by atoms with van der Waals surface area (Å²) in [6.45, 7) is 1.33. The van der Waals surface area contributed by atoms with E-state index in [4.69, 9.17) is 21.4 Å². The number of carboxylic acids is 1. The number of aliphatic carboxylic acids is 1. The number of anilines is 1. The van der Waals surface area contributed by atoms with Crippen molar-refractivity contribution in [3.05, 3.63) is 88.2 Å². The van der Waals surface area contributed by atoms with Crippen molar-refractivity contribution in [2.24, 2.45) is 0 Å². The first-order valence-electron chi connectivity index (χ1n) is 11.6. The van der Waals surface area contributed by atoms with Gasteiger partial charge in [-0.05, 0) is 73.0 Å². The monoisotopic (exact) mass is 583 g/mol. The molecule has 0 aromatic heterocycles. The van der Waals surface area contributed by atoms with Gasteiger partial charge in [-0.1, -0.05) is 29.8 Å². The standard InChI is InChI=1S/C27H22ClF4NO5S/c1-16(12-21-22(28)6-3-7-23(21)29)17-8-10-25-24(13-17)33(15-19(38-25)9-11-26(34)35)39(36,37)20-5-2-4-18(14-20)27(30,31)32/h2-8,10,12-14,19H,9,11,15H2,1H3,(H,34,35)/b16-12+. The van der Waals surface area contributed by atoms with Crippen LogP contribution in [0, 0.1) is 5.82 Å². The zero-order valence-electron chi connectivity index (χ0n) is 20.4. The summed E-state index contributed by atoms with van der Waals surface area (Å²) in [6.07, 6.45) is -4.48. The number of hydrogen-bond acceptors (Lipinski definition) is 4. The van der Waals surface area contributed by atoms with Gasteiger partial charge in [0.05, 0.1) is 27.7 Å². The highest BCUT2D eigenvalue weighted by atomic mass is 35.5. The van der Waals surface area contributed by atoms with Gasteiger partial charge in [-0.2, -0.15) is 13.2 Å². The molecule has 1 N–H and O–H groups in total. The van der Waals surface area contributed by atoms with Crippen molar-refractivity contribution < 1.29 is 40.6 Å². The molecule has 0 fully saturated rings. The maximum absolute atomic E-state index is 14.3. The third kappa shape index (κ3) is 6.20. The number of halogens is 5. The van der Waals surface area contributed by atoms with Gasteiger partial charge in [-0.25, -0.2) is 12.8 Å². The SMILES string of the molecule is C/C(=C\c1c(F)cccc1Cl)c1ccc2c(c1)N(S(=O)(=O)c1cccc(C(F)(F)F)c1)CC(CCC(=O)O)O2. The normalized spacial score (nSPS) is 16.0.